The molecule has 0 atom stereocenters. The van der Waals surface area contributed by atoms with Crippen molar-refractivity contribution in [1.29, 1.82) is 0 Å². The Morgan fingerprint density at radius 3 is 2.57 bits per heavy atom. The molecule has 0 fully saturated rings. The van der Waals surface area contributed by atoms with Crippen molar-refractivity contribution >= 4 is 28.0 Å². The van der Waals surface area contributed by atoms with E-state index >= 15 is 0 Å². The number of rotatable bonds is 3. The first-order valence-electron chi connectivity index (χ1n) is 6.49. The normalized spacial score (nSPS) is 10.7. The van der Waals surface area contributed by atoms with Crippen LogP contribution < -0.4 is 11.3 Å². The van der Waals surface area contributed by atoms with Crippen molar-refractivity contribution in [2.45, 2.75) is 6.54 Å². The Bertz CT molecular complexity index is 869. The molecule has 0 aliphatic rings. The molecule has 1 heterocycles. The van der Waals surface area contributed by atoms with Crippen LogP contribution in [-0.4, -0.2) is 14.8 Å². The second kappa shape index (κ2) is 5.46. The molecule has 104 valence electrons. The fourth-order valence-corrected chi connectivity index (χ4v) is 2.32. The number of hydrogen-bond donors (Lipinski definition) is 1. The summed E-state index contributed by atoms with van der Waals surface area (Å²) >= 11 is 4.92. The van der Waals surface area contributed by atoms with Crippen molar-refractivity contribution in [1.82, 2.24) is 9.78 Å². The third-order valence-corrected chi connectivity index (χ3v) is 3.57. The maximum Gasteiger partial charge on any atom is 0.274 e. The Morgan fingerprint density at radius 1 is 1.14 bits per heavy atom. The van der Waals surface area contributed by atoms with Crippen LogP contribution in [0.15, 0.2) is 59.5 Å². The monoisotopic (exact) mass is 295 g/mol. The Morgan fingerprint density at radius 2 is 1.86 bits per heavy atom. The highest BCUT2D eigenvalue weighted by atomic mass is 32.1. The van der Waals surface area contributed by atoms with Gasteiger partial charge in [-0.3, -0.25) is 4.79 Å². The van der Waals surface area contributed by atoms with E-state index in [1.807, 2.05) is 48.5 Å². The van der Waals surface area contributed by atoms with Gasteiger partial charge in [0.15, 0.2) is 0 Å². The third kappa shape index (κ3) is 2.68. The Balaban J connectivity index is 1.96. The zero-order chi connectivity index (χ0) is 14.8. The van der Waals surface area contributed by atoms with E-state index < -0.39 is 0 Å². The summed E-state index contributed by atoms with van der Waals surface area (Å²) in [5.74, 6) is 0. The molecule has 2 aromatic carbocycles. The summed E-state index contributed by atoms with van der Waals surface area (Å²) in [5.41, 5.74) is 7.26. The predicted octanol–water partition coefficient (Wildman–Crippen LogP) is 2.08. The van der Waals surface area contributed by atoms with Gasteiger partial charge in [0.05, 0.1) is 18.1 Å². The molecule has 3 aromatic rings. The molecule has 3 rings (SSSR count). The summed E-state index contributed by atoms with van der Waals surface area (Å²) < 4.78 is 1.46. The molecule has 0 amide bonds. The van der Waals surface area contributed by atoms with Crippen molar-refractivity contribution < 1.29 is 0 Å². The second-order valence-corrected chi connectivity index (χ2v) is 5.20. The van der Waals surface area contributed by atoms with Gasteiger partial charge in [-0.15, -0.1) is 0 Å². The molecule has 4 nitrogen and oxygen atoms in total. The summed E-state index contributed by atoms with van der Waals surface area (Å²) in [7, 11) is 0. The minimum Gasteiger partial charge on any atom is -0.389 e. The van der Waals surface area contributed by atoms with E-state index in [2.05, 4.69) is 5.10 Å². The van der Waals surface area contributed by atoms with Gasteiger partial charge in [-0.25, -0.2) is 4.68 Å². The van der Waals surface area contributed by atoms with Crippen molar-refractivity contribution in [2.75, 3.05) is 0 Å². The lowest BCUT2D eigenvalue weighted by atomic mass is 10.1. The van der Waals surface area contributed by atoms with E-state index in [0.29, 0.717) is 16.9 Å². The first kappa shape index (κ1) is 13.5. The summed E-state index contributed by atoms with van der Waals surface area (Å²) in [6, 6.07) is 14.9. The summed E-state index contributed by atoms with van der Waals surface area (Å²) in [6.45, 7) is 0.418. The molecule has 0 bridgehead atoms. The van der Waals surface area contributed by atoms with Crippen molar-refractivity contribution in [3.8, 4) is 0 Å². The van der Waals surface area contributed by atoms with E-state index in [1.165, 1.54) is 4.68 Å². The molecule has 2 N–H and O–H groups in total. The number of benzene rings is 2. The number of hydrogen-bond acceptors (Lipinski definition) is 3. The molecule has 0 saturated heterocycles. The lowest BCUT2D eigenvalue weighted by Gasteiger charge is -2.07. The molecule has 0 saturated carbocycles. The average molecular weight is 295 g/mol. The van der Waals surface area contributed by atoms with Crippen LogP contribution in [0.1, 0.15) is 11.1 Å². The van der Waals surface area contributed by atoms with Crippen molar-refractivity contribution in [3.63, 3.8) is 0 Å². The zero-order valence-corrected chi connectivity index (χ0v) is 12.0. The number of fused-ring (bicyclic) bond motifs is 1. The topological polar surface area (TPSA) is 60.9 Å². The van der Waals surface area contributed by atoms with Crippen LogP contribution >= 0.6 is 12.2 Å². The number of nitrogens with two attached hydrogens (primary N) is 1. The van der Waals surface area contributed by atoms with Crippen LogP contribution in [0.4, 0.5) is 0 Å². The van der Waals surface area contributed by atoms with Crippen molar-refractivity contribution in [2.24, 2.45) is 5.73 Å². The molecule has 0 unspecified atom stereocenters. The maximum absolute atomic E-state index is 12.4. The van der Waals surface area contributed by atoms with Gasteiger partial charge in [0.2, 0.25) is 0 Å². The predicted molar refractivity (Wildman–Crippen MR) is 87.4 cm³/mol. The van der Waals surface area contributed by atoms with E-state index in [-0.39, 0.29) is 5.56 Å². The first-order chi connectivity index (χ1) is 10.1. The molecule has 0 aliphatic heterocycles. The molecular weight excluding hydrogens is 282 g/mol. The van der Waals surface area contributed by atoms with E-state index in [0.717, 1.165) is 16.5 Å². The molecule has 0 aliphatic carbocycles. The summed E-state index contributed by atoms with van der Waals surface area (Å²) in [6.07, 6.45) is 1.71. The number of nitrogens with zero attached hydrogens (tertiary/aromatic N) is 2. The minimum absolute atomic E-state index is 0.0912. The number of aromatic nitrogens is 2. The van der Waals surface area contributed by atoms with Gasteiger partial charge in [0.1, 0.15) is 4.99 Å². The second-order valence-electron chi connectivity index (χ2n) is 4.76. The molecule has 5 heteroatoms. The van der Waals surface area contributed by atoms with Crippen LogP contribution in [0.3, 0.4) is 0 Å². The quantitative estimate of drug-likeness (QED) is 0.752. The van der Waals surface area contributed by atoms with E-state index in [9.17, 15) is 4.79 Å². The molecule has 21 heavy (non-hydrogen) atoms. The van der Waals surface area contributed by atoms with Gasteiger partial charge < -0.3 is 5.73 Å². The van der Waals surface area contributed by atoms with Crippen LogP contribution in [0, 0.1) is 0 Å². The van der Waals surface area contributed by atoms with Gasteiger partial charge in [0.25, 0.3) is 5.56 Å². The third-order valence-electron chi connectivity index (χ3n) is 3.33. The van der Waals surface area contributed by atoms with Gasteiger partial charge >= 0.3 is 0 Å². The van der Waals surface area contributed by atoms with Gasteiger partial charge in [-0.05, 0) is 11.6 Å². The van der Waals surface area contributed by atoms with Gasteiger partial charge in [-0.1, -0.05) is 54.7 Å². The van der Waals surface area contributed by atoms with E-state index in [1.54, 1.807) is 6.20 Å². The Labute approximate surface area is 126 Å². The van der Waals surface area contributed by atoms with Crippen LogP contribution in [0.2, 0.25) is 0 Å². The summed E-state index contributed by atoms with van der Waals surface area (Å²) in [4.78, 5) is 12.7. The van der Waals surface area contributed by atoms with Crippen LogP contribution in [0.25, 0.3) is 10.8 Å². The van der Waals surface area contributed by atoms with Crippen LogP contribution in [-0.2, 0) is 6.54 Å². The molecule has 1 aromatic heterocycles. The highest BCUT2D eigenvalue weighted by Crippen LogP contribution is 2.08. The summed E-state index contributed by atoms with van der Waals surface area (Å²) in [5, 5.41) is 5.74. The Hall–Kier alpha value is -2.53. The SMILES string of the molecule is NC(=S)c1ccc(Cn2ncc3ccccc3c2=O)cc1. The highest BCUT2D eigenvalue weighted by Gasteiger charge is 2.04. The fourth-order valence-electron chi connectivity index (χ4n) is 2.19. The van der Waals surface area contributed by atoms with Crippen LogP contribution in [0.5, 0.6) is 0 Å². The molecule has 0 radical (unpaired) electrons. The first-order valence-corrected chi connectivity index (χ1v) is 6.89. The van der Waals surface area contributed by atoms with E-state index in [4.69, 9.17) is 18.0 Å². The highest BCUT2D eigenvalue weighted by molar-refractivity contribution is 7.80. The molecular formula is C16H13N3OS. The Kier molecular flexibility index (Phi) is 3.50. The van der Waals surface area contributed by atoms with Gasteiger partial charge in [-0.2, -0.15) is 5.10 Å². The lowest BCUT2D eigenvalue weighted by molar-refractivity contribution is 0.647. The molecule has 0 spiro atoms. The maximum atomic E-state index is 12.4. The zero-order valence-electron chi connectivity index (χ0n) is 11.2. The smallest absolute Gasteiger partial charge is 0.274 e. The lowest BCUT2D eigenvalue weighted by Crippen LogP contribution is -2.23. The van der Waals surface area contributed by atoms with Gasteiger partial charge in [0, 0.05) is 10.9 Å². The average Bonchev–Trinajstić information content (AvgIpc) is 2.51. The standard InChI is InChI=1S/C16H13N3OS/c17-15(21)12-7-5-11(6-8-12)10-19-16(20)14-4-2-1-3-13(14)9-18-19/h1-9H,10H2,(H2,17,21). The van der Waals surface area contributed by atoms with Crippen molar-refractivity contribution in [3.05, 3.63) is 76.2 Å². The number of thiocarbonyl (C=S) groups is 1. The minimum atomic E-state index is -0.0912. The largest absolute Gasteiger partial charge is 0.389 e. The fraction of sp³-hybridized carbons (Fsp3) is 0.0625.